The highest BCUT2D eigenvalue weighted by Crippen LogP contribution is 2.26. The summed E-state index contributed by atoms with van der Waals surface area (Å²) in [7, 11) is 0. The van der Waals surface area contributed by atoms with E-state index in [4.69, 9.17) is 9.47 Å². The summed E-state index contributed by atoms with van der Waals surface area (Å²) in [4.78, 5) is 12.3. The summed E-state index contributed by atoms with van der Waals surface area (Å²) in [6, 6.07) is 1.92. The zero-order valence-electron chi connectivity index (χ0n) is 12.4. The van der Waals surface area contributed by atoms with E-state index in [2.05, 4.69) is 15.5 Å². The van der Waals surface area contributed by atoms with Gasteiger partial charge in [0.1, 0.15) is 0 Å². The van der Waals surface area contributed by atoms with Gasteiger partial charge >= 0.3 is 0 Å². The fourth-order valence-corrected chi connectivity index (χ4v) is 3.08. The molecule has 0 aliphatic carbocycles. The molecule has 6 nitrogen and oxygen atoms in total. The highest BCUT2D eigenvalue weighted by molar-refractivity contribution is 5.92. The number of hydrogen-bond donors (Lipinski definition) is 2. The van der Waals surface area contributed by atoms with Crippen molar-refractivity contribution in [3.05, 3.63) is 11.8 Å². The Labute approximate surface area is 124 Å². The number of amides is 1. The number of aromatic nitrogens is 2. The highest BCUT2D eigenvalue weighted by atomic mass is 16.5. The van der Waals surface area contributed by atoms with Gasteiger partial charge < -0.3 is 14.8 Å². The van der Waals surface area contributed by atoms with Crippen molar-refractivity contribution < 1.29 is 14.3 Å². The molecule has 2 aliphatic heterocycles. The fourth-order valence-electron chi connectivity index (χ4n) is 3.08. The molecule has 0 spiro atoms. The van der Waals surface area contributed by atoms with E-state index in [9.17, 15) is 4.79 Å². The first kappa shape index (κ1) is 14.5. The van der Waals surface area contributed by atoms with Gasteiger partial charge in [-0.25, -0.2) is 0 Å². The van der Waals surface area contributed by atoms with Gasteiger partial charge in [-0.15, -0.1) is 0 Å². The largest absolute Gasteiger partial charge is 0.381 e. The molecule has 0 aromatic carbocycles. The van der Waals surface area contributed by atoms with Crippen LogP contribution in [0.25, 0.3) is 0 Å². The summed E-state index contributed by atoms with van der Waals surface area (Å²) in [5, 5.41) is 10.1. The molecule has 3 heterocycles. The lowest BCUT2D eigenvalue weighted by Crippen LogP contribution is -2.36. The maximum atomic E-state index is 12.3. The van der Waals surface area contributed by atoms with E-state index in [1.54, 1.807) is 0 Å². The van der Waals surface area contributed by atoms with Crippen LogP contribution in [0.15, 0.2) is 6.07 Å². The van der Waals surface area contributed by atoms with Gasteiger partial charge in [0.25, 0.3) is 0 Å². The molecule has 3 unspecified atom stereocenters. The molecule has 2 N–H and O–H groups in total. The monoisotopic (exact) mass is 293 g/mol. The number of ether oxygens (including phenoxy) is 2. The first-order valence-electron chi connectivity index (χ1n) is 7.79. The molecule has 3 atom stereocenters. The van der Waals surface area contributed by atoms with Crippen LogP contribution in [0.5, 0.6) is 0 Å². The fraction of sp³-hybridized carbons (Fsp3) is 0.733. The van der Waals surface area contributed by atoms with Crippen LogP contribution in [0.4, 0.5) is 5.82 Å². The Bertz CT molecular complexity index is 482. The number of carbonyl (C=O) groups excluding carboxylic acids is 1. The second kappa shape index (κ2) is 6.58. The van der Waals surface area contributed by atoms with Crippen LogP contribution < -0.4 is 5.32 Å². The smallest absolute Gasteiger partial charge is 0.231 e. The minimum absolute atomic E-state index is 0.000133. The molecule has 0 saturated carbocycles. The average molecular weight is 293 g/mol. The molecule has 1 aromatic rings. The van der Waals surface area contributed by atoms with Crippen LogP contribution in [-0.4, -0.2) is 42.0 Å². The van der Waals surface area contributed by atoms with Crippen LogP contribution in [0.3, 0.4) is 0 Å². The van der Waals surface area contributed by atoms with Crippen molar-refractivity contribution in [3.8, 4) is 0 Å². The molecule has 3 rings (SSSR count). The third kappa shape index (κ3) is 3.44. The van der Waals surface area contributed by atoms with Crippen LogP contribution >= 0.6 is 0 Å². The number of hydrogen-bond acceptors (Lipinski definition) is 4. The summed E-state index contributed by atoms with van der Waals surface area (Å²) >= 11 is 0. The number of aromatic amines is 1. The van der Waals surface area contributed by atoms with E-state index in [-0.39, 0.29) is 17.9 Å². The number of carbonyl (C=O) groups is 1. The summed E-state index contributed by atoms with van der Waals surface area (Å²) in [5.74, 6) is 0.865. The van der Waals surface area contributed by atoms with Gasteiger partial charge in [0.15, 0.2) is 5.82 Å². The Balaban J connectivity index is 1.59. The van der Waals surface area contributed by atoms with Crippen molar-refractivity contribution in [2.24, 2.45) is 5.92 Å². The lowest BCUT2D eigenvalue weighted by molar-refractivity contribution is -0.127. The second-order valence-electron chi connectivity index (χ2n) is 5.94. The van der Waals surface area contributed by atoms with Gasteiger partial charge in [-0.05, 0) is 32.6 Å². The first-order chi connectivity index (χ1) is 10.2. The predicted octanol–water partition coefficient (Wildman–Crippen LogP) is 2.06. The van der Waals surface area contributed by atoms with Gasteiger partial charge in [0.05, 0.1) is 18.6 Å². The van der Waals surface area contributed by atoms with Crippen molar-refractivity contribution in [3.63, 3.8) is 0 Å². The van der Waals surface area contributed by atoms with Crippen molar-refractivity contribution in [1.29, 1.82) is 0 Å². The standard InChI is InChI=1S/C15H23N3O3/c1-10-12(5-3-7-21-10)15(19)16-14-8-13(17-18-14)11-4-2-6-20-9-11/h8,10-12H,2-7,9H2,1H3,(H2,16,17,18,19). The molecule has 2 saturated heterocycles. The zero-order chi connectivity index (χ0) is 14.7. The predicted molar refractivity (Wildman–Crippen MR) is 78.1 cm³/mol. The Morgan fingerprint density at radius 3 is 3.00 bits per heavy atom. The zero-order valence-corrected chi connectivity index (χ0v) is 12.4. The topological polar surface area (TPSA) is 76.2 Å². The van der Waals surface area contributed by atoms with Gasteiger partial charge in [-0.2, -0.15) is 5.10 Å². The summed E-state index contributed by atoms with van der Waals surface area (Å²) in [5.41, 5.74) is 1.04. The molecule has 1 amide bonds. The van der Waals surface area contributed by atoms with E-state index in [1.807, 2.05) is 13.0 Å². The Morgan fingerprint density at radius 2 is 2.24 bits per heavy atom. The first-order valence-corrected chi connectivity index (χ1v) is 7.79. The Morgan fingerprint density at radius 1 is 1.38 bits per heavy atom. The van der Waals surface area contributed by atoms with Gasteiger partial charge in [-0.3, -0.25) is 9.89 Å². The Kier molecular flexibility index (Phi) is 4.55. The normalized spacial score (nSPS) is 30.0. The maximum absolute atomic E-state index is 12.3. The molecule has 0 radical (unpaired) electrons. The van der Waals surface area contributed by atoms with Gasteiger partial charge in [0.2, 0.25) is 5.91 Å². The SMILES string of the molecule is CC1OCCCC1C(=O)Nc1cc(C2CCCOC2)[nH]n1. The molecular formula is C15H23N3O3. The number of anilines is 1. The highest BCUT2D eigenvalue weighted by Gasteiger charge is 2.29. The van der Waals surface area contributed by atoms with Crippen LogP contribution in [0.2, 0.25) is 0 Å². The minimum Gasteiger partial charge on any atom is -0.381 e. The maximum Gasteiger partial charge on any atom is 0.231 e. The molecule has 0 bridgehead atoms. The molecule has 21 heavy (non-hydrogen) atoms. The third-order valence-corrected chi connectivity index (χ3v) is 4.39. The molecular weight excluding hydrogens is 270 g/mol. The number of nitrogens with zero attached hydrogens (tertiary/aromatic N) is 1. The van der Waals surface area contributed by atoms with Crippen LogP contribution in [-0.2, 0) is 14.3 Å². The quantitative estimate of drug-likeness (QED) is 0.894. The molecule has 6 heteroatoms. The van der Waals surface area contributed by atoms with Gasteiger partial charge in [0, 0.05) is 30.9 Å². The summed E-state index contributed by atoms with van der Waals surface area (Å²) in [6.45, 7) is 4.27. The van der Waals surface area contributed by atoms with Crippen LogP contribution in [0, 0.1) is 5.92 Å². The van der Waals surface area contributed by atoms with Crippen molar-refractivity contribution >= 4 is 11.7 Å². The lowest BCUT2D eigenvalue weighted by Gasteiger charge is -2.27. The van der Waals surface area contributed by atoms with Crippen molar-refractivity contribution in [1.82, 2.24) is 10.2 Å². The lowest BCUT2D eigenvalue weighted by atomic mass is 9.94. The van der Waals surface area contributed by atoms with E-state index in [1.165, 1.54) is 0 Å². The second-order valence-corrected chi connectivity index (χ2v) is 5.94. The van der Waals surface area contributed by atoms with E-state index < -0.39 is 0 Å². The van der Waals surface area contributed by atoms with E-state index in [0.29, 0.717) is 11.7 Å². The van der Waals surface area contributed by atoms with Crippen molar-refractivity contribution in [2.45, 2.75) is 44.6 Å². The number of H-pyrrole nitrogens is 1. The Hall–Kier alpha value is -1.40. The van der Waals surface area contributed by atoms with Gasteiger partial charge in [-0.1, -0.05) is 0 Å². The molecule has 116 valence electrons. The summed E-state index contributed by atoms with van der Waals surface area (Å²) < 4.78 is 11.0. The number of nitrogens with one attached hydrogen (secondary N) is 2. The molecule has 1 aromatic heterocycles. The molecule has 2 aliphatic rings. The van der Waals surface area contributed by atoms with E-state index in [0.717, 1.165) is 51.2 Å². The minimum atomic E-state index is -0.0862. The number of rotatable bonds is 3. The average Bonchev–Trinajstić information content (AvgIpc) is 2.97. The van der Waals surface area contributed by atoms with E-state index >= 15 is 0 Å². The van der Waals surface area contributed by atoms with Crippen molar-refractivity contribution in [2.75, 3.05) is 25.1 Å². The molecule has 2 fully saturated rings. The third-order valence-electron chi connectivity index (χ3n) is 4.39. The van der Waals surface area contributed by atoms with Crippen LogP contribution in [0.1, 0.15) is 44.2 Å². The summed E-state index contributed by atoms with van der Waals surface area (Å²) in [6.07, 6.45) is 3.96.